The van der Waals surface area contributed by atoms with Gasteiger partial charge >= 0.3 is 7.60 Å². The minimum atomic E-state index is -3.84. The maximum Gasteiger partial charge on any atom is 0.357 e. The number of halogens is 1. The average molecular weight is 416 g/mol. The van der Waals surface area contributed by atoms with Crippen molar-refractivity contribution in [1.29, 1.82) is 0 Å². The Morgan fingerprint density at radius 2 is 1.63 bits per heavy atom. The molecule has 0 bridgehead atoms. The third kappa shape index (κ3) is 5.37. The molecule has 0 aliphatic rings. The van der Waals surface area contributed by atoms with Crippen LogP contribution >= 0.6 is 7.60 Å². The van der Waals surface area contributed by atoms with Crippen LogP contribution in [0.5, 0.6) is 0 Å². The summed E-state index contributed by atoms with van der Waals surface area (Å²) >= 11 is 0. The molecule has 2 aromatic rings. The van der Waals surface area contributed by atoms with E-state index in [1.807, 2.05) is 0 Å². The van der Waals surface area contributed by atoms with Gasteiger partial charge in [-0.3, -0.25) is 4.57 Å². The van der Waals surface area contributed by atoms with Crippen LogP contribution in [0, 0.1) is 5.82 Å². The number of sulfonamides is 1. The SMILES string of the molecule is CCOP(=O)(OCC)C(Nc1ccc(S(N)(=O)=O)cc1)c1ccccc1F. The number of benzene rings is 2. The van der Waals surface area contributed by atoms with E-state index < -0.39 is 29.2 Å². The molecule has 0 saturated carbocycles. The van der Waals surface area contributed by atoms with E-state index in [0.29, 0.717) is 5.69 Å². The fraction of sp³-hybridized carbons (Fsp3) is 0.294. The number of rotatable bonds is 9. The van der Waals surface area contributed by atoms with Gasteiger partial charge in [0.05, 0.1) is 18.1 Å². The highest BCUT2D eigenvalue weighted by atomic mass is 32.2. The van der Waals surface area contributed by atoms with E-state index in [4.69, 9.17) is 14.2 Å². The van der Waals surface area contributed by atoms with Gasteiger partial charge in [-0.15, -0.1) is 0 Å². The van der Waals surface area contributed by atoms with Crippen LogP contribution in [-0.2, 0) is 23.6 Å². The van der Waals surface area contributed by atoms with Crippen molar-refractivity contribution < 1.29 is 26.4 Å². The Morgan fingerprint density at radius 3 is 2.11 bits per heavy atom. The van der Waals surface area contributed by atoms with Crippen molar-refractivity contribution in [3.8, 4) is 0 Å². The summed E-state index contributed by atoms with van der Waals surface area (Å²) in [4.78, 5) is -0.0757. The molecule has 0 heterocycles. The lowest BCUT2D eigenvalue weighted by Gasteiger charge is -2.28. The van der Waals surface area contributed by atoms with Crippen LogP contribution in [0.4, 0.5) is 10.1 Å². The summed E-state index contributed by atoms with van der Waals surface area (Å²) in [6.07, 6.45) is 0. The predicted octanol–water partition coefficient (Wildman–Crippen LogP) is 3.85. The molecule has 1 unspecified atom stereocenters. The van der Waals surface area contributed by atoms with E-state index in [-0.39, 0.29) is 23.7 Å². The maximum atomic E-state index is 14.4. The van der Waals surface area contributed by atoms with Crippen molar-refractivity contribution in [2.75, 3.05) is 18.5 Å². The summed E-state index contributed by atoms with van der Waals surface area (Å²) in [5.41, 5.74) is 0.508. The fourth-order valence-electron chi connectivity index (χ4n) is 2.47. The molecule has 0 amide bonds. The summed E-state index contributed by atoms with van der Waals surface area (Å²) in [5.74, 6) is -1.70. The van der Waals surface area contributed by atoms with Gasteiger partial charge in [0.25, 0.3) is 0 Å². The first-order valence-corrected chi connectivity index (χ1v) is 11.4. The average Bonchev–Trinajstić information content (AvgIpc) is 2.60. The summed E-state index contributed by atoms with van der Waals surface area (Å²) < 4.78 is 61.2. The van der Waals surface area contributed by atoms with Crippen molar-refractivity contribution in [2.45, 2.75) is 24.5 Å². The van der Waals surface area contributed by atoms with E-state index in [1.54, 1.807) is 19.9 Å². The van der Waals surface area contributed by atoms with Gasteiger partial charge < -0.3 is 14.4 Å². The van der Waals surface area contributed by atoms with Crippen molar-refractivity contribution in [2.24, 2.45) is 5.14 Å². The fourth-order valence-corrected chi connectivity index (χ4v) is 4.93. The van der Waals surface area contributed by atoms with Crippen LogP contribution < -0.4 is 10.5 Å². The highest BCUT2D eigenvalue weighted by Gasteiger charge is 2.38. The van der Waals surface area contributed by atoms with E-state index in [9.17, 15) is 17.4 Å². The molecule has 0 saturated heterocycles. The molecule has 0 aliphatic carbocycles. The molecular weight excluding hydrogens is 394 g/mol. The van der Waals surface area contributed by atoms with Crippen LogP contribution in [0.15, 0.2) is 53.4 Å². The van der Waals surface area contributed by atoms with E-state index in [1.165, 1.54) is 42.5 Å². The zero-order chi connectivity index (χ0) is 20.1. The van der Waals surface area contributed by atoms with Gasteiger partial charge in [0.15, 0.2) is 5.78 Å². The molecule has 7 nitrogen and oxygen atoms in total. The lowest BCUT2D eigenvalue weighted by Crippen LogP contribution is -2.17. The van der Waals surface area contributed by atoms with E-state index in [0.717, 1.165) is 0 Å². The first-order valence-electron chi connectivity index (χ1n) is 8.24. The minimum absolute atomic E-state index is 0.0757. The molecule has 1 atom stereocenters. The van der Waals surface area contributed by atoms with Gasteiger partial charge in [-0.25, -0.2) is 17.9 Å². The normalized spacial score (nSPS) is 13.3. The largest absolute Gasteiger partial charge is 0.368 e. The smallest absolute Gasteiger partial charge is 0.357 e. The summed E-state index contributed by atoms with van der Waals surface area (Å²) in [6.45, 7) is 3.53. The Bertz CT molecular complexity index is 911. The first-order chi connectivity index (χ1) is 12.7. The zero-order valence-corrected chi connectivity index (χ0v) is 16.7. The van der Waals surface area contributed by atoms with Gasteiger partial charge in [-0.05, 0) is 44.2 Å². The van der Waals surface area contributed by atoms with Crippen molar-refractivity contribution in [3.05, 3.63) is 59.9 Å². The van der Waals surface area contributed by atoms with Crippen LogP contribution in [0.3, 0.4) is 0 Å². The molecule has 0 radical (unpaired) electrons. The minimum Gasteiger partial charge on any atom is -0.368 e. The summed E-state index contributed by atoms with van der Waals surface area (Å²) in [6, 6.07) is 11.3. The Labute approximate surface area is 158 Å². The predicted molar refractivity (Wildman–Crippen MR) is 101 cm³/mol. The number of nitrogens with one attached hydrogen (secondary N) is 1. The monoisotopic (exact) mass is 416 g/mol. The molecule has 0 fully saturated rings. The van der Waals surface area contributed by atoms with Crippen molar-refractivity contribution in [1.82, 2.24) is 0 Å². The molecule has 3 N–H and O–H groups in total. The molecule has 0 aliphatic heterocycles. The summed E-state index contributed by atoms with van der Waals surface area (Å²) in [7, 11) is -7.63. The van der Waals surface area contributed by atoms with Crippen LogP contribution in [-0.4, -0.2) is 21.6 Å². The molecule has 2 rings (SSSR count). The number of hydrogen-bond donors (Lipinski definition) is 2. The third-order valence-electron chi connectivity index (χ3n) is 3.62. The van der Waals surface area contributed by atoms with Gasteiger partial charge in [-0.2, -0.15) is 0 Å². The van der Waals surface area contributed by atoms with Crippen LogP contribution in [0.2, 0.25) is 0 Å². The second-order valence-corrected chi connectivity index (χ2v) is 9.19. The molecule has 27 heavy (non-hydrogen) atoms. The molecule has 0 aromatic heterocycles. The van der Waals surface area contributed by atoms with Crippen LogP contribution in [0.25, 0.3) is 0 Å². The highest BCUT2D eigenvalue weighted by molar-refractivity contribution is 7.89. The Balaban J connectivity index is 2.47. The number of anilines is 1. The lowest BCUT2D eigenvalue weighted by atomic mass is 10.2. The molecule has 10 heteroatoms. The van der Waals surface area contributed by atoms with E-state index in [2.05, 4.69) is 5.32 Å². The quantitative estimate of drug-likeness (QED) is 0.601. The number of hydrogen-bond acceptors (Lipinski definition) is 6. The topological polar surface area (TPSA) is 108 Å². The van der Waals surface area contributed by atoms with Gasteiger partial charge in [0.2, 0.25) is 10.0 Å². The molecule has 0 spiro atoms. The van der Waals surface area contributed by atoms with Crippen molar-refractivity contribution >= 4 is 23.3 Å². The first kappa shape index (κ1) is 21.5. The third-order valence-corrected chi connectivity index (χ3v) is 6.83. The molecular formula is C17H22FN2O5PS. The van der Waals surface area contributed by atoms with E-state index >= 15 is 0 Å². The highest BCUT2D eigenvalue weighted by Crippen LogP contribution is 2.61. The Morgan fingerprint density at radius 1 is 1.07 bits per heavy atom. The molecule has 2 aromatic carbocycles. The Hall–Kier alpha value is -1.77. The zero-order valence-electron chi connectivity index (χ0n) is 15.0. The van der Waals surface area contributed by atoms with Gasteiger partial charge in [-0.1, -0.05) is 18.2 Å². The number of primary sulfonamides is 1. The van der Waals surface area contributed by atoms with Crippen LogP contribution in [0.1, 0.15) is 25.2 Å². The second-order valence-electron chi connectivity index (χ2n) is 5.51. The van der Waals surface area contributed by atoms with Crippen molar-refractivity contribution in [3.63, 3.8) is 0 Å². The number of nitrogens with two attached hydrogens (primary N) is 1. The second kappa shape index (κ2) is 8.95. The maximum absolute atomic E-state index is 14.4. The standard InChI is InChI=1S/C17H22FN2O5PS/c1-3-24-26(21,25-4-2)17(15-7-5-6-8-16(15)18)20-13-9-11-14(12-10-13)27(19,22)23/h5-12,17,20H,3-4H2,1-2H3,(H2,19,22,23). The summed E-state index contributed by atoms with van der Waals surface area (Å²) in [5, 5.41) is 8.02. The lowest BCUT2D eigenvalue weighted by molar-refractivity contribution is 0.213. The van der Waals surface area contributed by atoms with Gasteiger partial charge in [0, 0.05) is 11.3 Å². The Kier molecular flexibility index (Phi) is 7.13. The van der Waals surface area contributed by atoms with Gasteiger partial charge in [0.1, 0.15) is 5.82 Å². The molecule has 148 valence electrons.